The molecule has 2 aromatic heterocycles. The number of carbonyl (C=O) groups is 1. The lowest BCUT2D eigenvalue weighted by Gasteiger charge is -2.15. The maximum atomic E-state index is 13.4. The molecule has 1 N–H and O–H groups in total. The second-order valence-corrected chi connectivity index (χ2v) is 10.2. The molecule has 1 saturated heterocycles. The molecule has 1 aromatic carbocycles. The molecule has 0 bridgehead atoms. The van der Waals surface area contributed by atoms with Gasteiger partial charge in [-0.05, 0) is 57.5 Å². The number of hydrogen-bond acceptors (Lipinski definition) is 5. The Kier molecular flexibility index (Phi) is 5.09. The van der Waals surface area contributed by atoms with Crippen LogP contribution in [-0.4, -0.2) is 46.4 Å². The fourth-order valence-electron chi connectivity index (χ4n) is 3.91. The molecule has 7 nitrogen and oxygen atoms in total. The van der Waals surface area contributed by atoms with Crippen molar-refractivity contribution in [1.29, 1.82) is 0 Å². The number of imidazole rings is 1. The highest BCUT2D eigenvalue weighted by Crippen LogP contribution is 2.32. The third-order valence-electron chi connectivity index (χ3n) is 5.20. The first-order valence-corrected chi connectivity index (χ1v) is 11.6. The predicted octanol–water partition coefficient (Wildman–Crippen LogP) is 3.04. The number of fused-ring (bicyclic) bond motifs is 1. The number of nitrogens with zero attached hydrogens (tertiary/aromatic N) is 3. The number of carbonyl (C=O) groups excluding carboxylic acids is 1. The van der Waals surface area contributed by atoms with Gasteiger partial charge in [-0.3, -0.25) is 4.79 Å². The van der Waals surface area contributed by atoms with Crippen molar-refractivity contribution >= 4 is 26.8 Å². The number of amides is 1. The van der Waals surface area contributed by atoms with Crippen LogP contribution in [0.15, 0.2) is 30.3 Å². The van der Waals surface area contributed by atoms with Crippen molar-refractivity contribution in [2.24, 2.45) is 0 Å². The van der Waals surface area contributed by atoms with Crippen LogP contribution in [-0.2, 0) is 9.84 Å². The molecule has 3 aromatic rings. The second-order valence-electron chi connectivity index (χ2n) is 7.94. The van der Waals surface area contributed by atoms with Gasteiger partial charge in [0.1, 0.15) is 17.2 Å². The molecule has 1 amide bonds. The normalized spacial score (nSPS) is 18.2. The average molecular weight is 431 g/mol. The minimum Gasteiger partial charge on any atom is -0.348 e. The number of aromatic nitrogens is 3. The monoisotopic (exact) mass is 430 g/mol. The van der Waals surface area contributed by atoms with Crippen LogP contribution in [0.4, 0.5) is 4.39 Å². The highest BCUT2D eigenvalue weighted by Gasteiger charge is 2.32. The molecule has 1 aliphatic rings. The Labute approximate surface area is 174 Å². The molecule has 3 heterocycles. The van der Waals surface area contributed by atoms with E-state index >= 15 is 0 Å². The maximum absolute atomic E-state index is 13.4. The molecule has 1 fully saturated rings. The molecule has 158 valence electrons. The first-order chi connectivity index (χ1) is 14.1. The molecule has 1 unspecified atom stereocenters. The fourth-order valence-corrected chi connectivity index (χ4v) is 5.61. The van der Waals surface area contributed by atoms with E-state index in [2.05, 4.69) is 15.3 Å². The minimum absolute atomic E-state index is 0.0427. The van der Waals surface area contributed by atoms with E-state index < -0.39 is 9.84 Å². The Morgan fingerprint density at radius 1 is 1.23 bits per heavy atom. The van der Waals surface area contributed by atoms with Crippen molar-refractivity contribution in [3.8, 4) is 11.3 Å². The lowest BCUT2D eigenvalue weighted by Crippen LogP contribution is -2.31. The summed E-state index contributed by atoms with van der Waals surface area (Å²) in [7, 11) is -3.10. The van der Waals surface area contributed by atoms with Crippen LogP contribution in [0.1, 0.15) is 42.6 Å². The molecular weight excluding hydrogens is 407 g/mol. The molecule has 1 aliphatic heterocycles. The molecule has 4 rings (SSSR count). The Morgan fingerprint density at radius 3 is 2.53 bits per heavy atom. The summed E-state index contributed by atoms with van der Waals surface area (Å²) < 4.78 is 39.4. The summed E-state index contributed by atoms with van der Waals surface area (Å²) in [4.78, 5) is 22.0. The van der Waals surface area contributed by atoms with E-state index in [1.807, 2.05) is 18.4 Å². The van der Waals surface area contributed by atoms with Crippen LogP contribution in [0, 0.1) is 12.7 Å². The molecule has 0 radical (unpaired) electrons. The van der Waals surface area contributed by atoms with Crippen LogP contribution < -0.4 is 5.32 Å². The summed E-state index contributed by atoms with van der Waals surface area (Å²) in [5, 5.41) is 2.84. The van der Waals surface area contributed by atoms with Gasteiger partial charge in [0.2, 0.25) is 0 Å². The van der Waals surface area contributed by atoms with Crippen molar-refractivity contribution in [1.82, 2.24) is 19.9 Å². The van der Waals surface area contributed by atoms with Gasteiger partial charge < -0.3 is 9.88 Å². The van der Waals surface area contributed by atoms with Crippen LogP contribution >= 0.6 is 0 Å². The average Bonchev–Trinajstić information content (AvgIpc) is 3.18. The van der Waals surface area contributed by atoms with E-state index in [4.69, 9.17) is 0 Å². The SMILES string of the molecule is Cc1nc2c(C(=O)NC(C)C)nc(-c3ccc(F)cc3)cc2n1C1CCS(=O)(=O)C1. The number of nitrogens with one attached hydrogen (secondary N) is 1. The topological polar surface area (TPSA) is 93.9 Å². The van der Waals surface area contributed by atoms with E-state index in [0.717, 1.165) is 0 Å². The summed E-state index contributed by atoms with van der Waals surface area (Å²) in [5.41, 5.74) is 2.40. The molecule has 30 heavy (non-hydrogen) atoms. The Morgan fingerprint density at radius 2 is 1.93 bits per heavy atom. The quantitative estimate of drug-likeness (QED) is 0.687. The summed E-state index contributed by atoms with van der Waals surface area (Å²) >= 11 is 0. The Hall–Kier alpha value is -2.81. The van der Waals surface area contributed by atoms with Gasteiger partial charge in [0.05, 0.1) is 28.8 Å². The number of pyridine rings is 1. The molecule has 1 atom stereocenters. The zero-order valence-corrected chi connectivity index (χ0v) is 17.8. The van der Waals surface area contributed by atoms with Crippen molar-refractivity contribution in [3.63, 3.8) is 0 Å². The first kappa shape index (κ1) is 20.5. The summed E-state index contributed by atoms with van der Waals surface area (Å²) in [5.74, 6) is 0.0788. The van der Waals surface area contributed by atoms with E-state index in [9.17, 15) is 17.6 Å². The van der Waals surface area contributed by atoms with Crippen LogP contribution in [0.25, 0.3) is 22.3 Å². The van der Waals surface area contributed by atoms with Gasteiger partial charge >= 0.3 is 0 Å². The number of aryl methyl sites for hydroxylation is 1. The lowest BCUT2D eigenvalue weighted by molar-refractivity contribution is 0.0940. The molecule has 0 spiro atoms. The van der Waals surface area contributed by atoms with Gasteiger partial charge in [0, 0.05) is 11.6 Å². The molecule has 0 aliphatic carbocycles. The van der Waals surface area contributed by atoms with Crippen molar-refractivity contribution in [2.45, 2.75) is 39.3 Å². The smallest absolute Gasteiger partial charge is 0.272 e. The number of hydrogen-bond donors (Lipinski definition) is 1. The fraction of sp³-hybridized carbons (Fsp3) is 0.381. The molecule has 0 saturated carbocycles. The third-order valence-corrected chi connectivity index (χ3v) is 6.95. The zero-order valence-electron chi connectivity index (χ0n) is 17.0. The van der Waals surface area contributed by atoms with Crippen LogP contribution in [0.3, 0.4) is 0 Å². The zero-order chi connectivity index (χ0) is 21.6. The summed E-state index contributed by atoms with van der Waals surface area (Å²) in [6.07, 6.45) is 0.496. The highest BCUT2D eigenvalue weighted by molar-refractivity contribution is 7.91. The maximum Gasteiger partial charge on any atom is 0.272 e. The van der Waals surface area contributed by atoms with Crippen molar-refractivity contribution < 1.29 is 17.6 Å². The van der Waals surface area contributed by atoms with Gasteiger partial charge in [-0.2, -0.15) is 0 Å². The summed E-state index contributed by atoms with van der Waals surface area (Å²) in [6, 6.07) is 7.32. The molecular formula is C21H23FN4O3S. The van der Waals surface area contributed by atoms with Gasteiger partial charge in [-0.1, -0.05) is 0 Å². The van der Waals surface area contributed by atoms with E-state index in [1.165, 1.54) is 12.1 Å². The van der Waals surface area contributed by atoms with Gasteiger partial charge in [0.25, 0.3) is 5.91 Å². The lowest BCUT2D eigenvalue weighted by atomic mass is 10.1. The summed E-state index contributed by atoms with van der Waals surface area (Å²) in [6.45, 7) is 5.50. The second kappa shape index (κ2) is 7.46. The highest BCUT2D eigenvalue weighted by atomic mass is 32.2. The minimum atomic E-state index is -3.10. The Balaban J connectivity index is 1.94. The standard InChI is InChI=1S/C21H23FN4O3S/c1-12(2)23-21(27)20-19-18(10-17(25-20)14-4-6-15(22)7-5-14)26(13(3)24-19)16-8-9-30(28,29)11-16/h4-7,10,12,16H,8-9,11H2,1-3H3,(H,23,27). The van der Waals surface area contributed by atoms with Crippen molar-refractivity contribution in [2.75, 3.05) is 11.5 Å². The van der Waals surface area contributed by atoms with E-state index in [-0.39, 0.29) is 41.0 Å². The van der Waals surface area contributed by atoms with Gasteiger partial charge in [0.15, 0.2) is 15.5 Å². The number of halogens is 1. The van der Waals surface area contributed by atoms with Gasteiger partial charge in [-0.15, -0.1) is 0 Å². The van der Waals surface area contributed by atoms with Crippen molar-refractivity contribution in [3.05, 3.63) is 47.7 Å². The van der Waals surface area contributed by atoms with E-state index in [0.29, 0.717) is 34.5 Å². The van der Waals surface area contributed by atoms with Crippen LogP contribution in [0.5, 0.6) is 0 Å². The Bertz CT molecular complexity index is 1230. The third kappa shape index (κ3) is 3.81. The van der Waals surface area contributed by atoms with E-state index in [1.54, 1.807) is 25.1 Å². The number of benzene rings is 1. The number of rotatable bonds is 4. The predicted molar refractivity (Wildman–Crippen MR) is 113 cm³/mol. The largest absolute Gasteiger partial charge is 0.348 e. The molecule has 9 heteroatoms. The van der Waals surface area contributed by atoms with Crippen LogP contribution in [0.2, 0.25) is 0 Å². The van der Waals surface area contributed by atoms with Gasteiger partial charge in [-0.25, -0.2) is 22.8 Å². The first-order valence-electron chi connectivity index (χ1n) is 9.81. The number of sulfone groups is 1.